The fourth-order valence-electron chi connectivity index (χ4n) is 0.197. The van der Waals surface area contributed by atoms with Gasteiger partial charge in [-0.25, -0.2) is 0 Å². The normalized spacial score (nSPS) is 6.70. The molecule has 0 aliphatic rings. The van der Waals surface area contributed by atoms with Crippen molar-refractivity contribution in [1.82, 2.24) is 5.32 Å². The van der Waals surface area contributed by atoms with Crippen LogP contribution in [0.2, 0.25) is 0 Å². The quantitative estimate of drug-likeness (QED) is 0.449. The minimum absolute atomic E-state index is 0.0556. The topological polar surface area (TPSA) is 55.4 Å². The Morgan fingerprint density at radius 1 is 1.60 bits per heavy atom. The summed E-state index contributed by atoms with van der Waals surface area (Å²) in [6.45, 7) is 3.94. The van der Waals surface area contributed by atoms with Gasteiger partial charge in [0.1, 0.15) is 6.54 Å². The van der Waals surface area contributed by atoms with Gasteiger partial charge in [0, 0.05) is 0 Å². The molecule has 60 valence electrons. The van der Waals surface area contributed by atoms with Crippen LogP contribution in [0.5, 0.6) is 0 Å². The predicted molar refractivity (Wildman–Crippen MR) is 37.4 cm³/mol. The number of carbonyl (C=O) groups excluding carboxylic acids is 2. The van der Waals surface area contributed by atoms with Gasteiger partial charge in [0.2, 0.25) is 6.41 Å². The SMILES string of the molecule is CC.COC(=O)CNC=O. The van der Waals surface area contributed by atoms with E-state index in [4.69, 9.17) is 0 Å². The van der Waals surface area contributed by atoms with Crippen molar-refractivity contribution in [2.24, 2.45) is 0 Å². The summed E-state index contributed by atoms with van der Waals surface area (Å²) < 4.78 is 4.19. The first-order valence-corrected chi connectivity index (χ1v) is 3.05. The van der Waals surface area contributed by atoms with Gasteiger partial charge in [0.15, 0.2) is 0 Å². The van der Waals surface area contributed by atoms with Crippen molar-refractivity contribution in [3.63, 3.8) is 0 Å². The maximum absolute atomic E-state index is 10.1. The molecule has 0 aliphatic heterocycles. The summed E-state index contributed by atoms with van der Waals surface area (Å²) in [4.78, 5) is 19.6. The third kappa shape index (κ3) is 10.0. The highest BCUT2D eigenvalue weighted by atomic mass is 16.5. The average molecular weight is 147 g/mol. The number of hydrogen-bond donors (Lipinski definition) is 1. The van der Waals surface area contributed by atoms with Crippen molar-refractivity contribution in [2.75, 3.05) is 13.7 Å². The van der Waals surface area contributed by atoms with Crippen LogP contribution < -0.4 is 5.32 Å². The van der Waals surface area contributed by atoms with Gasteiger partial charge in [0.25, 0.3) is 0 Å². The summed E-state index contributed by atoms with van der Waals surface area (Å²) in [5.41, 5.74) is 0. The summed E-state index contributed by atoms with van der Waals surface area (Å²) >= 11 is 0. The van der Waals surface area contributed by atoms with E-state index >= 15 is 0 Å². The van der Waals surface area contributed by atoms with Gasteiger partial charge in [0.05, 0.1) is 7.11 Å². The van der Waals surface area contributed by atoms with E-state index in [0.29, 0.717) is 6.41 Å². The lowest BCUT2D eigenvalue weighted by atomic mass is 10.7. The Balaban J connectivity index is 0. The highest BCUT2D eigenvalue weighted by Crippen LogP contribution is 1.65. The van der Waals surface area contributed by atoms with Crippen LogP contribution in [0.1, 0.15) is 13.8 Å². The molecule has 0 aromatic heterocycles. The average Bonchev–Trinajstić information content (AvgIpc) is 2.04. The van der Waals surface area contributed by atoms with Crippen molar-refractivity contribution in [3.05, 3.63) is 0 Å². The lowest BCUT2D eigenvalue weighted by Gasteiger charge is -1.93. The number of nitrogens with one attached hydrogen (secondary N) is 1. The van der Waals surface area contributed by atoms with Crippen molar-refractivity contribution in [2.45, 2.75) is 13.8 Å². The first-order valence-electron chi connectivity index (χ1n) is 3.05. The van der Waals surface area contributed by atoms with Gasteiger partial charge in [-0.3, -0.25) is 9.59 Å². The zero-order chi connectivity index (χ0) is 8.41. The summed E-state index contributed by atoms with van der Waals surface area (Å²) in [7, 11) is 1.26. The molecule has 4 nitrogen and oxygen atoms in total. The molecule has 0 rings (SSSR count). The summed E-state index contributed by atoms with van der Waals surface area (Å²) in [6, 6.07) is 0. The second-order valence-corrected chi connectivity index (χ2v) is 1.07. The molecule has 1 N–H and O–H groups in total. The minimum Gasteiger partial charge on any atom is -0.468 e. The minimum atomic E-state index is -0.447. The lowest BCUT2D eigenvalue weighted by Crippen LogP contribution is -2.21. The molecule has 0 bridgehead atoms. The smallest absolute Gasteiger partial charge is 0.325 e. The molecule has 0 heterocycles. The molecule has 1 amide bonds. The van der Waals surface area contributed by atoms with E-state index in [1.807, 2.05) is 13.8 Å². The Hall–Kier alpha value is -1.06. The molecule has 4 heteroatoms. The highest BCUT2D eigenvalue weighted by Gasteiger charge is 1.93. The van der Waals surface area contributed by atoms with Crippen molar-refractivity contribution >= 4 is 12.4 Å². The second kappa shape index (κ2) is 10.8. The van der Waals surface area contributed by atoms with E-state index in [0.717, 1.165) is 0 Å². The van der Waals surface area contributed by atoms with E-state index in [1.165, 1.54) is 7.11 Å². The van der Waals surface area contributed by atoms with Crippen molar-refractivity contribution in [1.29, 1.82) is 0 Å². The monoisotopic (exact) mass is 147 g/mol. The second-order valence-electron chi connectivity index (χ2n) is 1.07. The first-order chi connectivity index (χ1) is 4.81. The molecular formula is C6H13NO3. The van der Waals surface area contributed by atoms with Crippen LogP contribution in [0.3, 0.4) is 0 Å². The molecular weight excluding hydrogens is 134 g/mol. The fraction of sp³-hybridized carbons (Fsp3) is 0.667. The molecule has 0 atom stereocenters. The standard InChI is InChI=1S/C4H7NO3.C2H6/c1-8-4(7)2-5-3-6;1-2/h3H,2H2,1H3,(H,5,6);1-2H3. The summed E-state index contributed by atoms with van der Waals surface area (Å²) in [5, 5.41) is 2.14. The zero-order valence-electron chi connectivity index (χ0n) is 6.51. The van der Waals surface area contributed by atoms with Crippen LogP contribution in [0.25, 0.3) is 0 Å². The van der Waals surface area contributed by atoms with Crippen LogP contribution in [-0.2, 0) is 14.3 Å². The first kappa shape index (κ1) is 11.7. The summed E-state index contributed by atoms with van der Waals surface area (Å²) in [6.07, 6.45) is 0.441. The number of carbonyl (C=O) groups is 2. The zero-order valence-corrected chi connectivity index (χ0v) is 6.51. The Labute approximate surface area is 60.6 Å². The van der Waals surface area contributed by atoms with Crippen LogP contribution in [0.4, 0.5) is 0 Å². The number of amides is 1. The van der Waals surface area contributed by atoms with Crippen LogP contribution in [0, 0.1) is 0 Å². The lowest BCUT2D eigenvalue weighted by molar-refractivity contribution is -0.140. The van der Waals surface area contributed by atoms with Crippen molar-refractivity contribution in [3.8, 4) is 0 Å². The number of esters is 1. The van der Waals surface area contributed by atoms with Gasteiger partial charge in [-0.05, 0) is 0 Å². The molecule has 0 fully saturated rings. The molecule has 0 aromatic carbocycles. The largest absolute Gasteiger partial charge is 0.468 e. The van der Waals surface area contributed by atoms with E-state index in [-0.39, 0.29) is 6.54 Å². The number of hydrogen-bond acceptors (Lipinski definition) is 3. The Bertz CT molecular complexity index is 93.0. The van der Waals surface area contributed by atoms with Gasteiger partial charge in [-0.1, -0.05) is 13.8 Å². The fourth-order valence-corrected chi connectivity index (χ4v) is 0.197. The molecule has 10 heavy (non-hydrogen) atoms. The van der Waals surface area contributed by atoms with E-state index in [2.05, 4.69) is 10.1 Å². The predicted octanol–water partition coefficient (Wildman–Crippen LogP) is -0.0684. The third-order valence-electron chi connectivity index (χ3n) is 0.557. The van der Waals surface area contributed by atoms with Gasteiger partial charge < -0.3 is 10.1 Å². The van der Waals surface area contributed by atoms with E-state index in [1.54, 1.807) is 0 Å². The van der Waals surface area contributed by atoms with Gasteiger partial charge >= 0.3 is 5.97 Å². The van der Waals surface area contributed by atoms with Crippen LogP contribution in [-0.4, -0.2) is 26.0 Å². The van der Waals surface area contributed by atoms with Gasteiger partial charge in [-0.15, -0.1) is 0 Å². The summed E-state index contributed by atoms with van der Waals surface area (Å²) in [5.74, 6) is -0.447. The van der Waals surface area contributed by atoms with E-state index in [9.17, 15) is 9.59 Å². The molecule has 0 spiro atoms. The number of methoxy groups -OCH3 is 1. The number of rotatable bonds is 3. The highest BCUT2D eigenvalue weighted by molar-refractivity contribution is 5.73. The molecule has 0 radical (unpaired) electrons. The number of ether oxygens (including phenoxy) is 1. The molecule has 0 unspecified atom stereocenters. The van der Waals surface area contributed by atoms with Crippen molar-refractivity contribution < 1.29 is 14.3 Å². The van der Waals surface area contributed by atoms with E-state index < -0.39 is 5.97 Å². The molecule has 0 aromatic rings. The Kier molecular flexibility index (Phi) is 12.7. The third-order valence-corrected chi connectivity index (χ3v) is 0.557. The van der Waals surface area contributed by atoms with Gasteiger partial charge in [-0.2, -0.15) is 0 Å². The van der Waals surface area contributed by atoms with Crippen LogP contribution >= 0.6 is 0 Å². The molecule has 0 saturated heterocycles. The maximum Gasteiger partial charge on any atom is 0.325 e. The van der Waals surface area contributed by atoms with Crippen LogP contribution in [0.15, 0.2) is 0 Å². The Morgan fingerprint density at radius 2 is 2.10 bits per heavy atom. The Morgan fingerprint density at radius 3 is 2.40 bits per heavy atom. The molecule has 0 aliphatic carbocycles. The molecule has 0 saturated carbocycles. The maximum atomic E-state index is 10.1.